The normalized spacial score (nSPS) is 29.6. The van der Waals surface area contributed by atoms with Crippen molar-refractivity contribution in [3.63, 3.8) is 0 Å². The largest absolute Gasteiger partial charge is 0.347 e. The number of nitrogens with zero attached hydrogens (tertiary/aromatic N) is 1. The molecule has 3 saturated carbocycles. The third-order valence-electron chi connectivity index (χ3n) is 10.9. The Morgan fingerprint density at radius 2 is 1.62 bits per heavy atom. The van der Waals surface area contributed by atoms with Gasteiger partial charge in [-0.1, -0.05) is 59.8 Å². The zero-order chi connectivity index (χ0) is 35.2. The number of sulfone groups is 1. The number of amides is 5. The first-order chi connectivity index (χ1) is 22.4. The zero-order valence-corrected chi connectivity index (χ0v) is 30.7. The summed E-state index contributed by atoms with van der Waals surface area (Å²) in [5.41, 5.74) is -1.72. The molecule has 0 unspecified atom stereocenters. The van der Waals surface area contributed by atoms with Crippen LogP contribution < -0.4 is 21.3 Å². The molecule has 3 aliphatic carbocycles. The number of hydrogen-bond acceptors (Lipinski definition) is 7. The van der Waals surface area contributed by atoms with Crippen LogP contribution in [0, 0.1) is 17.3 Å². The number of rotatable bonds is 12. The molecule has 270 valence electrons. The fourth-order valence-corrected chi connectivity index (χ4v) is 11.2. The number of fused-ring (bicyclic) bond motifs is 1. The van der Waals surface area contributed by atoms with E-state index in [0.717, 1.165) is 38.5 Å². The van der Waals surface area contributed by atoms with E-state index in [-0.39, 0.29) is 24.8 Å². The second-order valence-electron chi connectivity index (χ2n) is 15.7. The Balaban J connectivity index is 1.34. The highest BCUT2D eigenvalue weighted by Gasteiger charge is 2.74. The van der Waals surface area contributed by atoms with Gasteiger partial charge in [0.2, 0.25) is 17.6 Å². The van der Waals surface area contributed by atoms with Crippen molar-refractivity contribution < 1.29 is 32.4 Å². The molecule has 5 fully saturated rings. The Morgan fingerprint density at radius 3 is 2.19 bits per heavy atom. The summed E-state index contributed by atoms with van der Waals surface area (Å²) in [6.07, 6.45) is 7.88. The Labute approximate surface area is 293 Å². The highest BCUT2D eigenvalue weighted by atomic mass is 35.5. The van der Waals surface area contributed by atoms with Gasteiger partial charge in [-0.3, -0.25) is 19.2 Å². The molecule has 5 amide bonds. The molecule has 0 aromatic carbocycles. The van der Waals surface area contributed by atoms with E-state index in [9.17, 15) is 32.4 Å². The Hall–Kier alpha value is -2.12. The third-order valence-corrected chi connectivity index (χ3v) is 14.4. The number of carbonyl (C=O) groups excluding carboxylic acids is 5. The van der Waals surface area contributed by atoms with E-state index >= 15 is 0 Å². The van der Waals surface area contributed by atoms with Crippen molar-refractivity contribution in [2.24, 2.45) is 17.3 Å². The number of nitrogens with one attached hydrogen (secondary N) is 4. The number of halogens is 2. The minimum Gasteiger partial charge on any atom is -0.347 e. The highest BCUT2D eigenvalue weighted by molar-refractivity contribution is 7.92. The van der Waals surface area contributed by atoms with Crippen LogP contribution in [0.4, 0.5) is 4.79 Å². The second-order valence-corrected chi connectivity index (χ2v) is 19.4. The third kappa shape index (κ3) is 7.62. The Bertz CT molecular complexity index is 1410. The lowest BCUT2D eigenvalue weighted by atomic mass is 9.78. The zero-order valence-electron chi connectivity index (χ0n) is 28.4. The smallest absolute Gasteiger partial charge is 0.315 e. The SMILES string of the molecule is CCCC[C@H](NC(=O)[C@@H]1[C@@H]2[C@H](CN1C(=O)[C@@H](NC(=O)NC1([C@H]3CCCS3(=O)=O)CCCCC1)C(C)(C)C)C2(Cl)Cl)C(=O)C(=O)NC1CC1. The van der Waals surface area contributed by atoms with Gasteiger partial charge in [0.1, 0.15) is 16.4 Å². The molecule has 2 saturated heterocycles. The molecule has 0 aromatic heterocycles. The van der Waals surface area contributed by atoms with Crippen LogP contribution in [0.5, 0.6) is 0 Å². The number of carbonyl (C=O) groups is 5. The van der Waals surface area contributed by atoms with Gasteiger partial charge in [-0.15, -0.1) is 23.2 Å². The fraction of sp³-hybridized carbons (Fsp3) is 0.848. The predicted molar refractivity (Wildman–Crippen MR) is 182 cm³/mol. The van der Waals surface area contributed by atoms with Crippen LogP contribution in [0.2, 0.25) is 0 Å². The highest BCUT2D eigenvalue weighted by Crippen LogP contribution is 2.65. The lowest BCUT2D eigenvalue weighted by molar-refractivity contribution is -0.144. The number of likely N-dealkylation sites (tertiary alicyclic amines) is 1. The lowest BCUT2D eigenvalue weighted by Gasteiger charge is -2.43. The maximum absolute atomic E-state index is 14.4. The molecule has 15 heteroatoms. The van der Waals surface area contributed by atoms with E-state index in [0.29, 0.717) is 32.1 Å². The van der Waals surface area contributed by atoms with Crippen molar-refractivity contribution in [1.29, 1.82) is 0 Å². The van der Waals surface area contributed by atoms with Gasteiger partial charge in [-0.05, 0) is 50.4 Å². The summed E-state index contributed by atoms with van der Waals surface area (Å²) in [5.74, 6) is -3.50. The molecular weight excluding hydrogens is 681 g/mol. The summed E-state index contributed by atoms with van der Waals surface area (Å²) in [7, 11) is -3.37. The van der Waals surface area contributed by atoms with E-state index in [1.54, 1.807) is 20.8 Å². The average molecular weight is 733 g/mol. The number of alkyl halides is 2. The van der Waals surface area contributed by atoms with Gasteiger partial charge in [0, 0.05) is 24.4 Å². The first-order valence-electron chi connectivity index (χ1n) is 17.6. The van der Waals surface area contributed by atoms with Gasteiger partial charge in [-0.2, -0.15) is 0 Å². The van der Waals surface area contributed by atoms with Gasteiger partial charge < -0.3 is 26.2 Å². The molecule has 0 spiro atoms. The van der Waals surface area contributed by atoms with Gasteiger partial charge >= 0.3 is 6.03 Å². The molecule has 5 aliphatic rings. The maximum atomic E-state index is 14.4. The van der Waals surface area contributed by atoms with Crippen LogP contribution in [0.15, 0.2) is 0 Å². The minimum absolute atomic E-state index is 0.0261. The molecular formula is C33H51Cl2N5O7S. The minimum atomic E-state index is -3.37. The van der Waals surface area contributed by atoms with Crippen LogP contribution in [-0.4, -0.2) is 94.4 Å². The topological polar surface area (TPSA) is 171 Å². The number of hydrogen-bond donors (Lipinski definition) is 4. The number of urea groups is 1. The quantitative estimate of drug-likeness (QED) is 0.177. The number of piperidine rings is 1. The van der Waals surface area contributed by atoms with E-state index in [2.05, 4.69) is 21.3 Å². The van der Waals surface area contributed by atoms with Gasteiger partial charge in [0.25, 0.3) is 5.91 Å². The Morgan fingerprint density at radius 1 is 0.958 bits per heavy atom. The summed E-state index contributed by atoms with van der Waals surface area (Å²) in [4.78, 5) is 69.2. The van der Waals surface area contributed by atoms with Crippen LogP contribution in [0.25, 0.3) is 0 Å². The molecule has 0 aromatic rings. The molecule has 6 atom stereocenters. The number of Topliss-reactive ketones (excluding diaryl/α,β-unsaturated/α-hetero) is 1. The predicted octanol–water partition coefficient (Wildman–Crippen LogP) is 3.13. The van der Waals surface area contributed by atoms with E-state index < -0.39 is 89.9 Å². The fourth-order valence-electron chi connectivity index (χ4n) is 8.04. The van der Waals surface area contributed by atoms with Crippen molar-refractivity contribution in [2.75, 3.05) is 12.3 Å². The summed E-state index contributed by atoms with van der Waals surface area (Å²) in [6.45, 7) is 7.40. The van der Waals surface area contributed by atoms with Crippen LogP contribution >= 0.6 is 23.2 Å². The van der Waals surface area contributed by atoms with Crippen LogP contribution in [-0.2, 0) is 29.0 Å². The summed E-state index contributed by atoms with van der Waals surface area (Å²) in [5, 5.41) is 10.6. The summed E-state index contributed by atoms with van der Waals surface area (Å²) in [6, 6.07) is -3.95. The molecule has 0 radical (unpaired) electrons. The lowest BCUT2D eigenvalue weighted by Crippen LogP contribution is -2.65. The summed E-state index contributed by atoms with van der Waals surface area (Å²) >= 11 is 13.1. The number of ketones is 1. The molecule has 5 rings (SSSR count). The number of unbranched alkanes of at least 4 members (excludes halogenated alkanes) is 1. The summed E-state index contributed by atoms with van der Waals surface area (Å²) < 4.78 is 24.8. The first kappa shape index (κ1) is 37.1. The maximum Gasteiger partial charge on any atom is 0.315 e. The van der Waals surface area contributed by atoms with Gasteiger partial charge in [-0.25, -0.2) is 13.2 Å². The molecule has 48 heavy (non-hydrogen) atoms. The second kappa shape index (κ2) is 13.9. The van der Waals surface area contributed by atoms with Crippen molar-refractivity contribution in [3.8, 4) is 0 Å². The van der Waals surface area contributed by atoms with Gasteiger partial charge in [0.05, 0.1) is 22.6 Å². The molecule has 2 aliphatic heterocycles. The average Bonchev–Trinajstić information content (AvgIpc) is 3.79. The van der Waals surface area contributed by atoms with Crippen LogP contribution in [0.1, 0.15) is 105 Å². The van der Waals surface area contributed by atoms with Crippen LogP contribution in [0.3, 0.4) is 0 Å². The molecule has 0 bridgehead atoms. The molecule has 4 N–H and O–H groups in total. The standard InChI is InChI=1S/C33H51Cl2N5O7S/c1-5-6-11-21(25(41)28(43)36-19-13-14-19)37-27(42)24-23-20(33(23,34)35)18-40(24)29(44)26(31(2,3)4)38-30(45)39-32(15-8-7-9-16-32)22-12-10-17-48(22,46)47/h19-24,26H,5-18H2,1-4H3,(H,36,43)(H,37,42)(H2,38,39,45)/t20-,21-,22+,23-,24-,26+/m0/s1. The Kier molecular flexibility index (Phi) is 10.7. The molecule has 12 nitrogen and oxygen atoms in total. The van der Waals surface area contributed by atoms with Crippen molar-refractivity contribution in [3.05, 3.63) is 0 Å². The van der Waals surface area contributed by atoms with Gasteiger partial charge in [0.15, 0.2) is 9.84 Å². The van der Waals surface area contributed by atoms with Crippen molar-refractivity contribution in [2.45, 2.75) is 144 Å². The van der Waals surface area contributed by atoms with E-state index in [4.69, 9.17) is 23.2 Å². The van der Waals surface area contributed by atoms with E-state index in [1.165, 1.54) is 4.90 Å². The monoisotopic (exact) mass is 731 g/mol. The van der Waals surface area contributed by atoms with Crippen molar-refractivity contribution >= 4 is 62.6 Å². The van der Waals surface area contributed by atoms with E-state index in [1.807, 2.05) is 6.92 Å². The first-order valence-corrected chi connectivity index (χ1v) is 20.0. The van der Waals surface area contributed by atoms with Crippen molar-refractivity contribution in [1.82, 2.24) is 26.2 Å². The molecule has 2 heterocycles.